The van der Waals surface area contributed by atoms with Gasteiger partial charge in [0.25, 0.3) is 18.2 Å². The number of halogens is 5. The number of hydrogen-bond donors (Lipinski definition) is 2. The molecule has 0 aliphatic carbocycles. The van der Waals surface area contributed by atoms with Gasteiger partial charge in [-0.2, -0.15) is 5.10 Å². The van der Waals surface area contributed by atoms with E-state index in [1.54, 1.807) is 6.21 Å². The number of amides is 2. The summed E-state index contributed by atoms with van der Waals surface area (Å²) in [6.45, 7) is 2.55. The SMILES string of the molecule is CCO/N=C/CCCNC(=O)c1cc(Cl)cc(Cl)c1NC(=O)c1cc(C(F)F)nn1-c1ncccc1Cl. The summed E-state index contributed by atoms with van der Waals surface area (Å²) in [7, 11) is 0. The van der Waals surface area contributed by atoms with Gasteiger partial charge in [0.05, 0.1) is 21.3 Å². The van der Waals surface area contributed by atoms with Crippen molar-refractivity contribution >= 4 is 58.5 Å². The fourth-order valence-corrected chi connectivity index (χ4v) is 3.83. The molecule has 2 amide bonds. The van der Waals surface area contributed by atoms with Crippen molar-refractivity contribution in [2.24, 2.45) is 5.16 Å². The van der Waals surface area contributed by atoms with Crippen molar-refractivity contribution < 1.29 is 23.2 Å². The van der Waals surface area contributed by atoms with Crippen LogP contribution < -0.4 is 10.6 Å². The number of benzene rings is 1. The fraction of sp³-hybridized carbons (Fsp3) is 0.261. The zero-order chi connectivity index (χ0) is 26.9. The molecule has 2 N–H and O–H groups in total. The molecule has 0 bridgehead atoms. The van der Waals surface area contributed by atoms with Gasteiger partial charge < -0.3 is 15.5 Å². The van der Waals surface area contributed by atoms with Gasteiger partial charge in [-0.3, -0.25) is 9.59 Å². The molecule has 196 valence electrons. The van der Waals surface area contributed by atoms with Gasteiger partial charge in [-0.15, -0.1) is 0 Å². The highest BCUT2D eigenvalue weighted by atomic mass is 35.5. The van der Waals surface area contributed by atoms with Crippen molar-refractivity contribution in [2.45, 2.75) is 26.2 Å². The van der Waals surface area contributed by atoms with E-state index >= 15 is 0 Å². The minimum absolute atomic E-state index is 0.0233. The van der Waals surface area contributed by atoms with E-state index in [0.717, 1.165) is 10.7 Å². The van der Waals surface area contributed by atoms with E-state index in [2.05, 4.69) is 25.9 Å². The Morgan fingerprint density at radius 1 is 1.19 bits per heavy atom. The van der Waals surface area contributed by atoms with Gasteiger partial charge in [0.15, 0.2) is 5.82 Å². The maximum absolute atomic E-state index is 13.4. The van der Waals surface area contributed by atoms with Gasteiger partial charge >= 0.3 is 0 Å². The number of pyridine rings is 1. The third kappa shape index (κ3) is 7.37. The first-order chi connectivity index (χ1) is 17.7. The molecule has 2 heterocycles. The lowest BCUT2D eigenvalue weighted by atomic mass is 10.1. The topological polar surface area (TPSA) is 110 Å². The molecule has 0 atom stereocenters. The second-order valence-electron chi connectivity index (χ2n) is 7.34. The number of nitrogens with one attached hydrogen (secondary N) is 2. The molecule has 0 aliphatic heterocycles. The summed E-state index contributed by atoms with van der Waals surface area (Å²) in [5.74, 6) is -1.48. The third-order valence-corrected chi connectivity index (χ3v) is 5.55. The van der Waals surface area contributed by atoms with Gasteiger partial charge in [-0.25, -0.2) is 18.4 Å². The molecule has 2 aromatic heterocycles. The quantitative estimate of drug-likeness (QED) is 0.167. The van der Waals surface area contributed by atoms with Crippen LogP contribution in [0.15, 0.2) is 41.7 Å². The van der Waals surface area contributed by atoms with Crippen LogP contribution in [0.1, 0.15) is 52.7 Å². The first-order valence-electron chi connectivity index (χ1n) is 10.9. The largest absolute Gasteiger partial charge is 0.396 e. The smallest absolute Gasteiger partial charge is 0.282 e. The number of unbranched alkanes of at least 4 members (excludes halogenated alkanes) is 1. The van der Waals surface area contributed by atoms with E-state index in [1.807, 2.05) is 6.92 Å². The van der Waals surface area contributed by atoms with E-state index in [4.69, 9.17) is 39.6 Å². The monoisotopic (exact) mass is 572 g/mol. The van der Waals surface area contributed by atoms with Crippen LogP contribution in [0.25, 0.3) is 5.82 Å². The summed E-state index contributed by atoms with van der Waals surface area (Å²) >= 11 is 18.5. The number of rotatable bonds is 11. The Kier molecular flexibility index (Phi) is 10.2. The van der Waals surface area contributed by atoms with Crippen LogP contribution in [0.5, 0.6) is 0 Å². The minimum atomic E-state index is -2.96. The van der Waals surface area contributed by atoms with Crippen molar-refractivity contribution in [3.8, 4) is 5.82 Å². The molecular formula is C23H21Cl3F2N6O3. The van der Waals surface area contributed by atoms with Crippen LogP contribution in [-0.2, 0) is 4.84 Å². The van der Waals surface area contributed by atoms with E-state index < -0.39 is 23.9 Å². The van der Waals surface area contributed by atoms with Gasteiger partial charge in [0, 0.05) is 24.0 Å². The molecule has 0 saturated heterocycles. The van der Waals surface area contributed by atoms with Crippen LogP contribution in [0.3, 0.4) is 0 Å². The molecule has 0 saturated carbocycles. The van der Waals surface area contributed by atoms with E-state index in [9.17, 15) is 18.4 Å². The number of alkyl halides is 2. The van der Waals surface area contributed by atoms with E-state index in [-0.39, 0.29) is 44.4 Å². The Bertz CT molecular complexity index is 1300. The Labute approximate surface area is 225 Å². The Hall–Kier alpha value is -3.28. The molecule has 0 aliphatic rings. The van der Waals surface area contributed by atoms with Crippen molar-refractivity contribution in [3.05, 3.63) is 68.5 Å². The first-order valence-corrected chi connectivity index (χ1v) is 12.1. The Morgan fingerprint density at radius 3 is 2.68 bits per heavy atom. The maximum Gasteiger partial charge on any atom is 0.282 e. The molecule has 3 aromatic rings. The fourth-order valence-electron chi connectivity index (χ4n) is 3.09. The molecule has 0 spiro atoms. The molecular weight excluding hydrogens is 553 g/mol. The summed E-state index contributed by atoms with van der Waals surface area (Å²) in [5, 5.41) is 12.9. The molecule has 1 aromatic carbocycles. The molecule has 37 heavy (non-hydrogen) atoms. The minimum Gasteiger partial charge on any atom is -0.396 e. The molecule has 3 rings (SSSR count). The average molecular weight is 574 g/mol. The zero-order valence-electron chi connectivity index (χ0n) is 19.4. The average Bonchev–Trinajstić information content (AvgIpc) is 3.31. The highest BCUT2D eigenvalue weighted by Gasteiger charge is 2.25. The number of carbonyl (C=O) groups is 2. The number of aromatic nitrogens is 3. The van der Waals surface area contributed by atoms with Crippen LogP contribution >= 0.6 is 34.8 Å². The predicted molar refractivity (Wildman–Crippen MR) is 137 cm³/mol. The highest BCUT2D eigenvalue weighted by Crippen LogP contribution is 2.31. The summed E-state index contributed by atoms with van der Waals surface area (Å²) in [6.07, 6.45) is 1.12. The lowest BCUT2D eigenvalue weighted by Gasteiger charge is -2.14. The van der Waals surface area contributed by atoms with Gasteiger partial charge in [0.2, 0.25) is 0 Å². The molecule has 0 radical (unpaired) electrons. The van der Waals surface area contributed by atoms with Crippen molar-refractivity contribution in [2.75, 3.05) is 18.5 Å². The van der Waals surface area contributed by atoms with Crippen molar-refractivity contribution in [1.29, 1.82) is 0 Å². The molecule has 0 fully saturated rings. The zero-order valence-corrected chi connectivity index (χ0v) is 21.6. The number of anilines is 1. The number of hydrogen-bond acceptors (Lipinski definition) is 6. The van der Waals surface area contributed by atoms with Crippen LogP contribution in [0.2, 0.25) is 15.1 Å². The summed E-state index contributed by atoms with van der Waals surface area (Å²) in [4.78, 5) is 35.0. The molecule has 9 nitrogen and oxygen atoms in total. The number of oxime groups is 1. The van der Waals surface area contributed by atoms with Crippen LogP contribution in [-0.4, -0.2) is 45.9 Å². The van der Waals surface area contributed by atoms with Crippen LogP contribution in [0.4, 0.5) is 14.5 Å². The lowest BCUT2D eigenvalue weighted by molar-refractivity contribution is 0.0954. The molecule has 0 unspecified atom stereocenters. The summed E-state index contributed by atoms with van der Waals surface area (Å²) < 4.78 is 27.7. The standard InChI is InChI=1S/C23H21Cl3F2N6O3/c1-2-37-31-9-4-3-7-30-22(35)14-10-13(24)11-16(26)19(14)32-23(36)18-12-17(20(27)28)33-34(18)21-15(25)6-5-8-29-21/h5-6,8-12,20H,2-4,7H2,1H3,(H,30,35)(H,32,36)/b31-9+. The molecule has 14 heteroatoms. The van der Waals surface area contributed by atoms with E-state index in [0.29, 0.717) is 19.4 Å². The number of nitrogens with zero attached hydrogens (tertiary/aromatic N) is 4. The second kappa shape index (κ2) is 13.3. The van der Waals surface area contributed by atoms with Crippen molar-refractivity contribution in [3.63, 3.8) is 0 Å². The number of carbonyl (C=O) groups excluding carboxylic acids is 2. The Morgan fingerprint density at radius 2 is 1.97 bits per heavy atom. The summed E-state index contributed by atoms with van der Waals surface area (Å²) in [6, 6.07) is 6.56. The lowest BCUT2D eigenvalue weighted by Crippen LogP contribution is -2.27. The van der Waals surface area contributed by atoms with Gasteiger partial charge in [0.1, 0.15) is 18.0 Å². The Balaban J connectivity index is 1.86. The normalized spacial score (nSPS) is 11.2. The van der Waals surface area contributed by atoms with Crippen LogP contribution in [0, 0.1) is 0 Å². The van der Waals surface area contributed by atoms with E-state index in [1.165, 1.54) is 30.5 Å². The summed E-state index contributed by atoms with van der Waals surface area (Å²) in [5.41, 5.74) is -1.06. The van der Waals surface area contributed by atoms with Crippen molar-refractivity contribution in [1.82, 2.24) is 20.1 Å². The second-order valence-corrected chi connectivity index (χ2v) is 8.59. The van der Waals surface area contributed by atoms with Gasteiger partial charge in [-0.05, 0) is 50.1 Å². The van der Waals surface area contributed by atoms with Gasteiger partial charge in [-0.1, -0.05) is 40.0 Å². The predicted octanol–water partition coefficient (Wildman–Crippen LogP) is 5.95. The maximum atomic E-state index is 13.4. The first kappa shape index (κ1) is 28.3. The third-order valence-electron chi connectivity index (χ3n) is 4.74. The highest BCUT2D eigenvalue weighted by molar-refractivity contribution is 6.38.